The van der Waals surface area contributed by atoms with Crippen molar-refractivity contribution < 1.29 is 13.2 Å². The zero-order chi connectivity index (χ0) is 18.0. The SMILES string of the molecule is CCCN(CC1CC1)S(=O)(=O)c1ccc2c(c1)CCN(C(=O)CN)C2. The number of fused-ring (bicyclic) bond motifs is 1. The monoisotopic (exact) mass is 365 g/mol. The summed E-state index contributed by atoms with van der Waals surface area (Å²) in [6.07, 6.45) is 3.74. The van der Waals surface area contributed by atoms with Crippen molar-refractivity contribution in [1.82, 2.24) is 9.21 Å². The number of nitrogens with two attached hydrogens (primary N) is 1. The Balaban J connectivity index is 1.82. The molecule has 0 bridgehead atoms. The van der Waals surface area contributed by atoms with Crippen molar-refractivity contribution in [2.75, 3.05) is 26.2 Å². The number of rotatable bonds is 7. The lowest BCUT2D eigenvalue weighted by atomic mass is 10.00. The van der Waals surface area contributed by atoms with Gasteiger partial charge in [-0.2, -0.15) is 4.31 Å². The van der Waals surface area contributed by atoms with Crippen molar-refractivity contribution >= 4 is 15.9 Å². The predicted molar refractivity (Wildman–Crippen MR) is 96.4 cm³/mol. The molecule has 1 aromatic carbocycles. The van der Waals surface area contributed by atoms with E-state index in [1.807, 2.05) is 13.0 Å². The Morgan fingerprint density at radius 3 is 2.72 bits per heavy atom. The van der Waals surface area contributed by atoms with Crippen molar-refractivity contribution in [3.63, 3.8) is 0 Å². The Hall–Kier alpha value is -1.44. The summed E-state index contributed by atoms with van der Waals surface area (Å²) < 4.78 is 27.7. The van der Waals surface area contributed by atoms with Gasteiger partial charge >= 0.3 is 0 Å². The molecular formula is C18H27N3O3S. The molecule has 1 amide bonds. The average molecular weight is 365 g/mol. The largest absolute Gasteiger partial charge is 0.337 e. The Bertz CT molecular complexity index is 744. The first-order valence-corrected chi connectivity index (χ1v) is 10.5. The van der Waals surface area contributed by atoms with E-state index in [0.717, 1.165) is 30.4 Å². The topological polar surface area (TPSA) is 83.7 Å². The van der Waals surface area contributed by atoms with Gasteiger partial charge < -0.3 is 10.6 Å². The third-order valence-electron chi connectivity index (χ3n) is 4.99. The van der Waals surface area contributed by atoms with Crippen LogP contribution >= 0.6 is 0 Å². The van der Waals surface area contributed by atoms with Crippen LogP contribution in [0.1, 0.15) is 37.3 Å². The predicted octanol–water partition coefficient (Wildman–Crippen LogP) is 1.34. The molecule has 6 nitrogen and oxygen atoms in total. The number of benzene rings is 1. The molecule has 0 unspecified atom stereocenters. The molecule has 1 aromatic rings. The van der Waals surface area contributed by atoms with Crippen molar-refractivity contribution in [3.05, 3.63) is 29.3 Å². The minimum Gasteiger partial charge on any atom is -0.337 e. The summed E-state index contributed by atoms with van der Waals surface area (Å²) >= 11 is 0. The second kappa shape index (κ2) is 7.43. The zero-order valence-electron chi connectivity index (χ0n) is 14.8. The number of sulfonamides is 1. The molecule has 0 spiro atoms. The summed E-state index contributed by atoms with van der Waals surface area (Å²) in [5.74, 6) is 0.454. The molecule has 1 heterocycles. The summed E-state index contributed by atoms with van der Waals surface area (Å²) in [4.78, 5) is 13.9. The highest BCUT2D eigenvalue weighted by atomic mass is 32.2. The smallest absolute Gasteiger partial charge is 0.243 e. The van der Waals surface area contributed by atoms with E-state index in [9.17, 15) is 13.2 Å². The van der Waals surface area contributed by atoms with Gasteiger partial charge in [-0.15, -0.1) is 0 Å². The highest BCUT2D eigenvalue weighted by Crippen LogP contribution is 2.32. The number of carbonyl (C=O) groups is 1. The molecule has 0 radical (unpaired) electrons. The summed E-state index contributed by atoms with van der Waals surface area (Å²) in [6, 6.07) is 5.32. The normalized spacial score (nSPS) is 17.6. The molecule has 2 aliphatic rings. The molecule has 2 N–H and O–H groups in total. The molecule has 1 aliphatic carbocycles. The minimum atomic E-state index is -3.45. The van der Waals surface area contributed by atoms with Gasteiger partial charge in [-0.1, -0.05) is 13.0 Å². The first-order chi connectivity index (χ1) is 12.0. The highest BCUT2D eigenvalue weighted by Gasteiger charge is 2.32. The van der Waals surface area contributed by atoms with Gasteiger partial charge in [0.25, 0.3) is 0 Å². The zero-order valence-corrected chi connectivity index (χ0v) is 15.6. The van der Waals surface area contributed by atoms with Gasteiger partial charge in [0.05, 0.1) is 11.4 Å². The van der Waals surface area contributed by atoms with E-state index < -0.39 is 10.0 Å². The van der Waals surface area contributed by atoms with E-state index in [0.29, 0.717) is 43.4 Å². The van der Waals surface area contributed by atoms with Crippen LogP contribution in [0.5, 0.6) is 0 Å². The van der Waals surface area contributed by atoms with E-state index in [2.05, 4.69) is 0 Å². The fourth-order valence-electron chi connectivity index (χ4n) is 3.33. The molecule has 138 valence electrons. The maximum atomic E-state index is 13.0. The van der Waals surface area contributed by atoms with Gasteiger partial charge in [0.15, 0.2) is 0 Å². The number of hydrogen-bond acceptors (Lipinski definition) is 4. The molecule has 1 aliphatic heterocycles. The average Bonchev–Trinajstić information content (AvgIpc) is 3.43. The van der Waals surface area contributed by atoms with Crippen LogP contribution in [0.15, 0.2) is 23.1 Å². The maximum Gasteiger partial charge on any atom is 0.243 e. The first kappa shape index (κ1) is 18.4. The number of carbonyl (C=O) groups excluding carboxylic acids is 1. The fraction of sp³-hybridized carbons (Fsp3) is 0.611. The highest BCUT2D eigenvalue weighted by molar-refractivity contribution is 7.89. The maximum absolute atomic E-state index is 13.0. The molecule has 0 atom stereocenters. The second-order valence-corrected chi connectivity index (χ2v) is 8.94. The standard InChI is InChI=1S/C18H27N3O3S/c1-2-8-21(12-14-3-4-14)25(23,24)17-6-5-16-13-20(18(22)11-19)9-7-15(16)10-17/h5-6,10,14H,2-4,7-9,11-13,19H2,1H3. The molecule has 0 saturated heterocycles. The Morgan fingerprint density at radius 2 is 2.08 bits per heavy atom. The Morgan fingerprint density at radius 1 is 1.32 bits per heavy atom. The molecule has 1 fully saturated rings. The summed E-state index contributed by atoms with van der Waals surface area (Å²) in [5.41, 5.74) is 7.46. The lowest BCUT2D eigenvalue weighted by molar-refractivity contribution is -0.130. The molecule has 1 saturated carbocycles. The third-order valence-corrected chi connectivity index (χ3v) is 6.85. The van der Waals surface area contributed by atoms with Crippen LogP contribution < -0.4 is 5.73 Å². The van der Waals surface area contributed by atoms with Gasteiger partial charge in [0.2, 0.25) is 15.9 Å². The summed E-state index contributed by atoms with van der Waals surface area (Å²) in [5, 5.41) is 0. The van der Waals surface area contributed by atoms with E-state index in [-0.39, 0.29) is 12.5 Å². The molecule has 25 heavy (non-hydrogen) atoms. The van der Waals surface area contributed by atoms with Crippen molar-refractivity contribution in [2.45, 2.75) is 44.0 Å². The van der Waals surface area contributed by atoms with Crippen molar-refractivity contribution in [1.29, 1.82) is 0 Å². The van der Waals surface area contributed by atoms with Crippen LogP contribution in [-0.2, 0) is 27.8 Å². The van der Waals surface area contributed by atoms with Crippen LogP contribution in [0.2, 0.25) is 0 Å². The van der Waals surface area contributed by atoms with Gasteiger partial charge in [-0.3, -0.25) is 4.79 Å². The molecule has 0 aromatic heterocycles. The summed E-state index contributed by atoms with van der Waals surface area (Å²) in [7, 11) is -3.45. The second-order valence-electron chi connectivity index (χ2n) is 7.01. The van der Waals surface area contributed by atoms with Crippen LogP contribution in [0, 0.1) is 5.92 Å². The number of amides is 1. The fourth-order valence-corrected chi connectivity index (χ4v) is 4.99. The van der Waals surface area contributed by atoms with Crippen LogP contribution in [-0.4, -0.2) is 49.7 Å². The molecule has 3 rings (SSSR count). The summed E-state index contributed by atoms with van der Waals surface area (Å²) in [6.45, 7) is 4.31. The molecule has 7 heteroatoms. The van der Waals surface area contributed by atoms with Crippen molar-refractivity contribution in [2.24, 2.45) is 11.7 Å². The lowest BCUT2D eigenvalue weighted by Crippen LogP contribution is -2.39. The lowest BCUT2D eigenvalue weighted by Gasteiger charge is -2.29. The third kappa shape index (κ3) is 4.04. The Labute approximate surface area is 150 Å². The van der Waals surface area contributed by atoms with Gasteiger partial charge in [-0.25, -0.2) is 8.42 Å². The quantitative estimate of drug-likeness (QED) is 0.790. The Kier molecular flexibility index (Phi) is 5.46. The van der Waals surface area contributed by atoms with E-state index in [1.165, 1.54) is 0 Å². The van der Waals surface area contributed by atoms with E-state index in [4.69, 9.17) is 5.73 Å². The van der Waals surface area contributed by atoms with Crippen LogP contribution in [0.25, 0.3) is 0 Å². The number of hydrogen-bond donors (Lipinski definition) is 1. The van der Waals surface area contributed by atoms with Gasteiger partial charge in [0.1, 0.15) is 0 Å². The first-order valence-electron chi connectivity index (χ1n) is 9.05. The van der Waals surface area contributed by atoms with Gasteiger partial charge in [-0.05, 0) is 54.9 Å². The molecular weight excluding hydrogens is 338 g/mol. The van der Waals surface area contributed by atoms with Crippen molar-refractivity contribution in [3.8, 4) is 0 Å². The van der Waals surface area contributed by atoms with E-state index in [1.54, 1.807) is 21.3 Å². The number of nitrogens with zero attached hydrogens (tertiary/aromatic N) is 2. The van der Waals surface area contributed by atoms with Crippen LogP contribution in [0.3, 0.4) is 0 Å². The van der Waals surface area contributed by atoms with Crippen LogP contribution in [0.4, 0.5) is 0 Å². The van der Waals surface area contributed by atoms with Gasteiger partial charge in [0, 0.05) is 26.2 Å². The minimum absolute atomic E-state index is 0.00887. The van der Waals surface area contributed by atoms with E-state index >= 15 is 0 Å².